The number of hydrogen-bond donors (Lipinski definition) is 2. The minimum absolute atomic E-state index is 0.0183. The van der Waals surface area contributed by atoms with E-state index in [1.54, 1.807) is 0 Å². The number of H-pyrrole nitrogens is 1. The first-order valence-corrected chi connectivity index (χ1v) is 12.2. The first-order chi connectivity index (χ1) is 15.3. The molecule has 1 amide bonds. The largest absolute Gasteiger partial charge is 0.351 e. The zero-order valence-electron chi connectivity index (χ0n) is 18.5. The number of aromatic nitrogens is 2. The summed E-state index contributed by atoms with van der Waals surface area (Å²) in [6.07, 6.45) is 9.88. The number of fused-ring (bicyclic) bond motifs is 3. The molecule has 2 aromatic rings. The Balaban J connectivity index is 1.06. The van der Waals surface area contributed by atoms with Crippen LogP contribution in [0.5, 0.6) is 0 Å². The second-order valence-electron chi connectivity index (χ2n) is 9.36. The van der Waals surface area contributed by atoms with Crippen LogP contribution in [0.1, 0.15) is 60.1 Å². The summed E-state index contributed by atoms with van der Waals surface area (Å²) in [6.45, 7) is 6.52. The van der Waals surface area contributed by atoms with Gasteiger partial charge in [0.1, 0.15) is 5.69 Å². The number of carbonyl (C=O) groups is 1. The lowest BCUT2D eigenvalue weighted by Gasteiger charge is -2.40. The second-order valence-corrected chi connectivity index (χ2v) is 9.36. The molecule has 3 aliphatic rings. The highest BCUT2D eigenvalue weighted by atomic mass is 16.1. The molecular weight excluding hydrogens is 386 g/mol. The van der Waals surface area contributed by atoms with E-state index in [2.05, 4.69) is 43.5 Å². The first kappa shape index (κ1) is 20.7. The van der Waals surface area contributed by atoms with Gasteiger partial charge in [-0.3, -0.25) is 14.8 Å². The molecule has 31 heavy (non-hydrogen) atoms. The van der Waals surface area contributed by atoms with Crippen molar-refractivity contribution in [2.75, 3.05) is 39.3 Å². The van der Waals surface area contributed by atoms with Crippen LogP contribution in [0.15, 0.2) is 24.3 Å². The van der Waals surface area contributed by atoms with E-state index in [0.717, 1.165) is 61.8 Å². The molecule has 1 aliphatic heterocycles. The molecule has 0 atom stereocenters. The van der Waals surface area contributed by atoms with Crippen molar-refractivity contribution < 1.29 is 4.79 Å². The normalized spacial score (nSPS) is 20.3. The second kappa shape index (κ2) is 9.53. The molecule has 0 radical (unpaired) electrons. The third-order valence-electron chi connectivity index (χ3n) is 7.45. The summed E-state index contributed by atoms with van der Waals surface area (Å²) >= 11 is 0. The average molecular weight is 422 g/mol. The van der Waals surface area contributed by atoms with E-state index in [9.17, 15) is 4.79 Å². The van der Waals surface area contributed by atoms with Gasteiger partial charge in [-0.05, 0) is 44.2 Å². The molecule has 2 aliphatic carbocycles. The maximum atomic E-state index is 12.8. The number of carbonyl (C=O) groups excluding carboxylic acids is 1. The van der Waals surface area contributed by atoms with E-state index < -0.39 is 0 Å². The highest BCUT2D eigenvalue weighted by Gasteiger charge is 2.26. The molecule has 0 spiro atoms. The summed E-state index contributed by atoms with van der Waals surface area (Å²) in [4.78, 5) is 18.0. The van der Waals surface area contributed by atoms with Crippen LogP contribution < -0.4 is 5.32 Å². The van der Waals surface area contributed by atoms with E-state index in [1.807, 2.05) is 6.07 Å². The minimum Gasteiger partial charge on any atom is -0.351 e. The topological polar surface area (TPSA) is 64.3 Å². The SMILES string of the molecule is O=C(NCCCN1CCN(C2CCCCC2)CC1)c1[nH]nc2c1CCc1ccccc1-2. The smallest absolute Gasteiger partial charge is 0.269 e. The Morgan fingerprint density at radius 1 is 1.06 bits per heavy atom. The predicted octanol–water partition coefficient (Wildman–Crippen LogP) is 3.25. The fourth-order valence-electron chi connectivity index (χ4n) is 5.64. The van der Waals surface area contributed by atoms with Gasteiger partial charge in [0.25, 0.3) is 5.91 Å². The number of aromatic amines is 1. The van der Waals surface area contributed by atoms with Gasteiger partial charge in [0.05, 0.1) is 5.69 Å². The van der Waals surface area contributed by atoms with Crippen LogP contribution in [0.4, 0.5) is 0 Å². The molecular formula is C25H35N5O. The lowest BCUT2D eigenvalue weighted by atomic mass is 9.89. The Hall–Kier alpha value is -2.18. The minimum atomic E-state index is -0.0183. The molecule has 166 valence electrons. The van der Waals surface area contributed by atoms with Crippen LogP contribution in [-0.2, 0) is 12.8 Å². The van der Waals surface area contributed by atoms with Gasteiger partial charge in [0.2, 0.25) is 0 Å². The molecule has 1 saturated heterocycles. The van der Waals surface area contributed by atoms with Gasteiger partial charge in [-0.2, -0.15) is 5.10 Å². The Kier molecular flexibility index (Phi) is 6.37. The fraction of sp³-hybridized carbons (Fsp3) is 0.600. The van der Waals surface area contributed by atoms with Crippen molar-refractivity contribution in [3.8, 4) is 11.3 Å². The monoisotopic (exact) mass is 421 g/mol. The third-order valence-corrected chi connectivity index (χ3v) is 7.45. The molecule has 1 aromatic heterocycles. The van der Waals surface area contributed by atoms with Gasteiger partial charge in [-0.15, -0.1) is 0 Å². The molecule has 2 fully saturated rings. The first-order valence-electron chi connectivity index (χ1n) is 12.2. The number of nitrogens with zero attached hydrogens (tertiary/aromatic N) is 3. The zero-order valence-corrected chi connectivity index (χ0v) is 18.5. The summed E-state index contributed by atoms with van der Waals surface area (Å²) in [5.74, 6) is -0.0183. The van der Waals surface area contributed by atoms with E-state index in [-0.39, 0.29) is 5.91 Å². The Bertz CT molecular complexity index is 893. The van der Waals surface area contributed by atoms with Crippen LogP contribution in [0.25, 0.3) is 11.3 Å². The highest BCUT2D eigenvalue weighted by Crippen LogP contribution is 2.33. The summed E-state index contributed by atoms with van der Waals surface area (Å²) in [6, 6.07) is 9.20. The summed E-state index contributed by atoms with van der Waals surface area (Å²) in [5.41, 5.74) is 5.13. The Morgan fingerprint density at radius 2 is 1.87 bits per heavy atom. The molecule has 0 bridgehead atoms. The molecule has 1 aromatic carbocycles. The Morgan fingerprint density at radius 3 is 2.71 bits per heavy atom. The summed E-state index contributed by atoms with van der Waals surface area (Å²) in [5, 5.41) is 10.6. The van der Waals surface area contributed by atoms with Crippen LogP contribution >= 0.6 is 0 Å². The van der Waals surface area contributed by atoms with Crippen molar-refractivity contribution in [3.05, 3.63) is 41.1 Å². The van der Waals surface area contributed by atoms with Crippen molar-refractivity contribution in [2.24, 2.45) is 0 Å². The highest BCUT2D eigenvalue weighted by molar-refractivity contribution is 5.96. The van der Waals surface area contributed by atoms with Crippen LogP contribution in [0, 0.1) is 0 Å². The molecule has 6 heteroatoms. The fourth-order valence-corrected chi connectivity index (χ4v) is 5.64. The van der Waals surface area contributed by atoms with Crippen molar-refractivity contribution in [3.63, 3.8) is 0 Å². The predicted molar refractivity (Wildman–Crippen MR) is 123 cm³/mol. The van der Waals surface area contributed by atoms with Gasteiger partial charge in [0.15, 0.2) is 0 Å². The third kappa shape index (κ3) is 4.55. The van der Waals surface area contributed by atoms with Crippen LogP contribution in [-0.4, -0.2) is 71.2 Å². The molecule has 6 nitrogen and oxygen atoms in total. The van der Waals surface area contributed by atoms with Crippen LogP contribution in [0.3, 0.4) is 0 Å². The number of amides is 1. The molecule has 1 saturated carbocycles. The number of aryl methyl sites for hydroxylation is 1. The van der Waals surface area contributed by atoms with E-state index in [0.29, 0.717) is 12.2 Å². The van der Waals surface area contributed by atoms with Gasteiger partial charge in [-0.1, -0.05) is 43.5 Å². The zero-order chi connectivity index (χ0) is 21.0. The van der Waals surface area contributed by atoms with Crippen LogP contribution in [0.2, 0.25) is 0 Å². The molecule has 5 rings (SSSR count). The van der Waals surface area contributed by atoms with Gasteiger partial charge >= 0.3 is 0 Å². The molecule has 2 N–H and O–H groups in total. The van der Waals surface area contributed by atoms with E-state index in [4.69, 9.17) is 0 Å². The number of benzene rings is 1. The number of rotatable bonds is 6. The average Bonchev–Trinajstić information content (AvgIpc) is 3.28. The lowest BCUT2D eigenvalue weighted by molar-refractivity contribution is 0.0779. The summed E-state index contributed by atoms with van der Waals surface area (Å²) in [7, 11) is 0. The standard InChI is InChI=1S/C25H35N5O/c31-25(24-22-12-11-19-7-4-5-10-21(19)23(22)27-28-24)26-13-6-14-29-15-17-30(18-16-29)20-8-2-1-3-9-20/h4-5,7,10,20H,1-3,6,8-9,11-18H2,(H,26,31)(H,27,28). The lowest BCUT2D eigenvalue weighted by Crippen LogP contribution is -2.51. The van der Waals surface area contributed by atoms with E-state index >= 15 is 0 Å². The van der Waals surface area contributed by atoms with Gasteiger partial charge in [0, 0.05) is 49.9 Å². The Labute approximate surface area is 185 Å². The van der Waals surface area contributed by atoms with E-state index in [1.165, 1.54) is 50.8 Å². The quantitative estimate of drug-likeness (QED) is 0.703. The van der Waals surface area contributed by atoms with Crippen molar-refractivity contribution in [1.82, 2.24) is 25.3 Å². The summed E-state index contributed by atoms with van der Waals surface area (Å²) < 4.78 is 0. The van der Waals surface area contributed by atoms with Crippen molar-refractivity contribution >= 4 is 5.91 Å². The molecule has 0 unspecified atom stereocenters. The number of piperazine rings is 1. The van der Waals surface area contributed by atoms with Gasteiger partial charge in [-0.25, -0.2) is 0 Å². The van der Waals surface area contributed by atoms with Gasteiger partial charge < -0.3 is 10.2 Å². The van der Waals surface area contributed by atoms with Crippen molar-refractivity contribution in [1.29, 1.82) is 0 Å². The number of hydrogen-bond acceptors (Lipinski definition) is 4. The maximum absolute atomic E-state index is 12.8. The van der Waals surface area contributed by atoms with Crippen molar-refractivity contribution in [2.45, 2.75) is 57.4 Å². The number of nitrogens with one attached hydrogen (secondary N) is 2. The maximum Gasteiger partial charge on any atom is 0.269 e. The molecule has 2 heterocycles.